The van der Waals surface area contributed by atoms with Crippen LogP contribution in [-0.2, 0) is 16.1 Å². The summed E-state index contributed by atoms with van der Waals surface area (Å²) in [6.45, 7) is 4.56. The first kappa shape index (κ1) is 11.5. The van der Waals surface area contributed by atoms with Crippen molar-refractivity contribution >= 4 is 5.91 Å². The van der Waals surface area contributed by atoms with Crippen molar-refractivity contribution in [3.63, 3.8) is 0 Å². The van der Waals surface area contributed by atoms with Crippen LogP contribution in [0, 0.1) is 0 Å². The fourth-order valence-electron chi connectivity index (χ4n) is 1.08. The number of carbonyl (C=O) groups is 1. The van der Waals surface area contributed by atoms with Gasteiger partial charge in [-0.15, -0.1) is 0 Å². The van der Waals surface area contributed by atoms with Gasteiger partial charge >= 0.3 is 0 Å². The monoisotopic (exact) mass is 205 g/mol. The zero-order chi connectivity index (χ0) is 11.1. The Balaban J connectivity index is 2.18. The van der Waals surface area contributed by atoms with Crippen molar-refractivity contribution in [2.45, 2.75) is 13.0 Å². The van der Waals surface area contributed by atoms with Crippen LogP contribution in [0.1, 0.15) is 12.0 Å². The minimum atomic E-state index is -0.460. The molecule has 0 aliphatic rings. The van der Waals surface area contributed by atoms with Crippen molar-refractivity contribution in [3.8, 4) is 0 Å². The van der Waals surface area contributed by atoms with Gasteiger partial charge in [0.2, 0.25) is 5.91 Å². The van der Waals surface area contributed by atoms with E-state index in [1.165, 1.54) is 0 Å². The molecule has 0 unspecified atom stereocenters. The second-order valence-electron chi connectivity index (χ2n) is 3.26. The van der Waals surface area contributed by atoms with E-state index >= 15 is 0 Å². The van der Waals surface area contributed by atoms with Crippen LogP contribution in [0.25, 0.3) is 0 Å². The van der Waals surface area contributed by atoms with Crippen LogP contribution in [0.3, 0.4) is 0 Å². The smallest absolute Gasteiger partial charge is 0.244 e. The Morgan fingerprint density at radius 2 is 2.00 bits per heavy atom. The zero-order valence-electron chi connectivity index (χ0n) is 8.61. The van der Waals surface area contributed by atoms with E-state index in [9.17, 15) is 4.79 Å². The molecule has 0 aliphatic heterocycles. The highest BCUT2D eigenvalue weighted by Crippen LogP contribution is 2.02. The summed E-state index contributed by atoms with van der Waals surface area (Å²) in [5.74, 6) is -0.460. The maximum Gasteiger partial charge on any atom is 0.244 e. The van der Waals surface area contributed by atoms with Gasteiger partial charge in [0.15, 0.2) is 0 Å². The van der Waals surface area contributed by atoms with Gasteiger partial charge in [-0.3, -0.25) is 4.79 Å². The van der Waals surface area contributed by atoms with Crippen LogP contribution >= 0.6 is 0 Å². The normalized spacial score (nSPS) is 9.87. The van der Waals surface area contributed by atoms with E-state index in [1.54, 1.807) is 0 Å². The third-order valence-corrected chi connectivity index (χ3v) is 2.01. The average Bonchev–Trinajstić information content (AvgIpc) is 2.25. The van der Waals surface area contributed by atoms with Crippen LogP contribution in [0.4, 0.5) is 0 Å². The molecule has 0 heterocycles. The minimum absolute atomic E-state index is 0.406. The number of ether oxygens (including phenoxy) is 1. The minimum Gasteiger partial charge on any atom is -0.376 e. The molecule has 0 fully saturated rings. The molecular formula is C12H15NO2. The summed E-state index contributed by atoms with van der Waals surface area (Å²) < 4.78 is 5.37. The first-order valence-corrected chi connectivity index (χ1v) is 4.79. The summed E-state index contributed by atoms with van der Waals surface area (Å²) in [6, 6.07) is 9.85. The number of hydrogen-bond donors (Lipinski definition) is 1. The number of benzene rings is 1. The lowest BCUT2D eigenvalue weighted by atomic mass is 10.2. The molecule has 80 valence electrons. The molecular weight excluding hydrogens is 190 g/mol. The fraction of sp³-hybridized carbons (Fsp3) is 0.250. The molecule has 1 aromatic rings. The van der Waals surface area contributed by atoms with E-state index in [-0.39, 0.29) is 0 Å². The summed E-state index contributed by atoms with van der Waals surface area (Å²) in [4.78, 5) is 10.6. The molecule has 3 nitrogen and oxygen atoms in total. The second kappa shape index (κ2) is 5.98. The van der Waals surface area contributed by atoms with Crippen molar-refractivity contribution in [1.29, 1.82) is 0 Å². The molecule has 0 saturated heterocycles. The highest BCUT2D eigenvalue weighted by Gasteiger charge is 2.00. The highest BCUT2D eigenvalue weighted by atomic mass is 16.5. The number of primary amides is 1. The van der Waals surface area contributed by atoms with E-state index in [1.807, 2.05) is 30.3 Å². The number of amides is 1. The van der Waals surface area contributed by atoms with E-state index < -0.39 is 5.91 Å². The van der Waals surface area contributed by atoms with Gasteiger partial charge < -0.3 is 10.5 Å². The fourth-order valence-corrected chi connectivity index (χ4v) is 1.08. The average molecular weight is 205 g/mol. The van der Waals surface area contributed by atoms with Crippen LogP contribution in [-0.4, -0.2) is 12.5 Å². The SMILES string of the molecule is C=C(CCOCc1ccccc1)C(N)=O. The molecule has 0 spiro atoms. The van der Waals surface area contributed by atoms with Gasteiger partial charge in [0.05, 0.1) is 13.2 Å². The van der Waals surface area contributed by atoms with Crippen molar-refractivity contribution in [2.24, 2.45) is 5.73 Å². The molecule has 3 heteroatoms. The topological polar surface area (TPSA) is 52.3 Å². The predicted molar refractivity (Wildman–Crippen MR) is 59.0 cm³/mol. The molecule has 0 aromatic heterocycles. The summed E-state index contributed by atoms with van der Waals surface area (Å²) in [7, 11) is 0. The van der Waals surface area contributed by atoms with E-state index in [0.717, 1.165) is 5.56 Å². The molecule has 0 aliphatic carbocycles. The third kappa shape index (κ3) is 4.42. The Morgan fingerprint density at radius 3 is 2.60 bits per heavy atom. The maximum atomic E-state index is 10.6. The first-order chi connectivity index (χ1) is 7.20. The van der Waals surface area contributed by atoms with Gasteiger partial charge in [-0.2, -0.15) is 0 Å². The Kier molecular flexibility index (Phi) is 4.57. The quantitative estimate of drug-likeness (QED) is 0.567. The van der Waals surface area contributed by atoms with Gasteiger partial charge in [0.1, 0.15) is 0 Å². The van der Waals surface area contributed by atoms with E-state index in [2.05, 4.69) is 6.58 Å². The molecule has 2 N–H and O–H groups in total. The highest BCUT2D eigenvalue weighted by molar-refractivity contribution is 5.91. The zero-order valence-corrected chi connectivity index (χ0v) is 8.61. The number of hydrogen-bond acceptors (Lipinski definition) is 2. The molecule has 0 saturated carbocycles. The van der Waals surface area contributed by atoms with Gasteiger partial charge in [0.25, 0.3) is 0 Å². The molecule has 15 heavy (non-hydrogen) atoms. The molecule has 1 aromatic carbocycles. The van der Waals surface area contributed by atoms with Gasteiger partial charge in [-0.1, -0.05) is 36.9 Å². The molecule has 0 bridgehead atoms. The van der Waals surface area contributed by atoms with Gasteiger partial charge in [-0.25, -0.2) is 0 Å². The Labute approximate surface area is 89.5 Å². The third-order valence-electron chi connectivity index (χ3n) is 2.01. The summed E-state index contributed by atoms with van der Waals surface area (Å²) in [5, 5.41) is 0. The van der Waals surface area contributed by atoms with Gasteiger partial charge in [-0.05, 0) is 5.56 Å². The van der Waals surface area contributed by atoms with Crippen LogP contribution in [0.5, 0.6) is 0 Å². The molecule has 1 amide bonds. The van der Waals surface area contributed by atoms with Crippen molar-refractivity contribution in [3.05, 3.63) is 48.0 Å². The molecule has 0 radical (unpaired) electrons. The summed E-state index contributed by atoms with van der Waals surface area (Å²) >= 11 is 0. The number of carbonyl (C=O) groups excluding carboxylic acids is 1. The lowest BCUT2D eigenvalue weighted by molar-refractivity contribution is -0.114. The first-order valence-electron chi connectivity index (χ1n) is 4.79. The lowest BCUT2D eigenvalue weighted by Crippen LogP contribution is -2.14. The van der Waals surface area contributed by atoms with Crippen LogP contribution < -0.4 is 5.73 Å². The second-order valence-corrected chi connectivity index (χ2v) is 3.26. The van der Waals surface area contributed by atoms with Crippen LogP contribution in [0.2, 0.25) is 0 Å². The molecule has 1 rings (SSSR count). The summed E-state index contributed by atoms with van der Waals surface area (Å²) in [5.41, 5.74) is 6.55. The number of nitrogens with two attached hydrogens (primary N) is 1. The van der Waals surface area contributed by atoms with E-state index in [4.69, 9.17) is 10.5 Å². The Morgan fingerprint density at radius 1 is 1.33 bits per heavy atom. The lowest BCUT2D eigenvalue weighted by Gasteiger charge is -2.04. The predicted octanol–water partition coefficient (Wildman–Crippen LogP) is 1.63. The van der Waals surface area contributed by atoms with Crippen molar-refractivity contribution in [2.75, 3.05) is 6.61 Å². The van der Waals surface area contributed by atoms with Crippen molar-refractivity contribution in [1.82, 2.24) is 0 Å². The standard InChI is InChI=1S/C12H15NO2/c1-10(12(13)14)7-8-15-9-11-5-3-2-4-6-11/h2-6H,1,7-9H2,(H2,13,14). The van der Waals surface area contributed by atoms with Crippen LogP contribution in [0.15, 0.2) is 42.5 Å². The summed E-state index contributed by atoms with van der Waals surface area (Å²) in [6.07, 6.45) is 0.488. The van der Waals surface area contributed by atoms with Crippen molar-refractivity contribution < 1.29 is 9.53 Å². The van der Waals surface area contributed by atoms with E-state index in [0.29, 0.717) is 25.2 Å². The Hall–Kier alpha value is -1.61. The maximum absolute atomic E-state index is 10.6. The number of rotatable bonds is 6. The molecule has 0 atom stereocenters. The Bertz CT molecular complexity index is 333. The largest absolute Gasteiger partial charge is 0.376 e. The van der Waals surface area contributed by atoms with Gasteiger partial charge in [0, 0.05) is 12.0 Å².